The van der Waals surface area contributed by atoms with E-state index in [2.05, 4.69) is 78.1 Å². The number of nitrogens with one attached hydrogen (secondary N) is 10. The van der Waals surface area contributed by atoms with Crippen LogP contribution in [0.3, 0.4) is 0 Å². The number of hydrogen-bond donors (Lipinski definition) is 27. The van der Waals surface area contributed by atoms with Gasteiger partial charge in [0.15, 0.2) is 29.8 Å². The van der Waals surface area contributed by atoms with Crippen LogP contribution in [0.15, 0.2) is 25.0 Å². The average molecular weight is 1550 g/mol. The van der Waals surface area contributed by atoms with Gasteiger partial charge in [0.2, 0.25) is 70.9 Å². The van der Waals surface area contributed by atoms with Crippen LogP contribution in [0, 0.1) is 0 Å². The van der Waals surface area contributed by atoms with Crippen LogP contribution in [0.1, 0.15) is 142 Å². The number of unbranched alkanes of at least 4 members (excludes halogenated alkanes) is 2. The fourth-order valence-electron chi connectivity index (χ4n) is 10.8. The number of amides is 12. The SMILES string of the molecule is C[C@@H](O)[C@H](N)C(=O)N1CCC[C@H]1C(=O)N[C@@H](CCC(N)=O)C(=O)N[C@@H](CCCN=C(N)N)C(=O)N[C@@H](CC(=O)O)C(=O)N[C@@H](CCCN=C(N)N)C(=O)N[C@@H](CCCN=C(N)N)C(=O)N[C@@H](CCCN=C(N)N)C(=O)N[C@@H](CCCCN)C(=O)N[C@@H](CCCCN)C(=O)N[C@@H](CCCN=C(N)N)C(=O)NCC(=O)O. The first-order chi connectivity index (χ1) is 51.4. The van der Waals surface area contributed by atoms with Crippen molar-refractivity contribution in [3.8, 4) is 0 Å². The van der Waals surface area contributed by atoms with E-state index in [-0.39, 0.29) is 178 Å². The highest BCUT2D eigenvalue weighted by atomic mass is 16.4. The molecule has 41 N–H and O–H groups in total. The van der Waals surface area contributed by atoms with Crippen LogP contribution in [0.4, 0.5) is 0 Å². The van der Waals surface area contributed by atoms with Crippen LogP contribution in [0.2, 0.25) is 0 Å². The number of aliphatic carboxylic acids is 2. The maximum atomic E-state index is 14.8. The van der Waals surface area contributed by atoms with E-state index in [1.807, 2.05) is 0 Å². The van der Waals surface area contributed by atoms with E-state index in [4.69, 9.17) is 80.3 Å². The molecule has 0 aromatic heterocycles. The van der Waals surface area contributed by atoms with Gasteiger partial charge in [0.1, 0.15) is 73.0 Å². The zero-order chi connectivity index (χ0) is 82.3. The minimum atomic E-state index is -2.08. The zero-order valence-electron chi connectivity index (χ0n) is 61.5. The first-order valence-electron chi connectivity index (χ1n) is 35.6. The second-order valence-corrected chi connectivity index (χ2v) is 25.5. The second kappa shape index (κ2) is 52.7. The van der Waals surface area contributed by atoms with Crippen molar-refractivity contribution < 1.29 is 82.4 Å². The summed E-state index contributed by atoms with van der Waals surface area (Å²) in [7, 11) is 0. The van der Waals surface area contributed by atoms with E-state index >= 15 is 0 Å². The van der Waals surface area contributed by atoms with Gasteiger partial charge < -0.3 is 154 Å². The second-order valence-electron chi connectivity index (χ2n) is 25.5. The van der Waals surface area contributed by atoms with Gasteiger partial charge in [-0.2, -0.15) is 0 Å². The van der Waals surface area contributed by atoms with Gasteiger partial charge in [0.25, 0.3) is 0 Å². The number of rotatable bonds is 56. The van der Waals surface area contributed by atoms with E-state index < -0.39 is 181 Å². The largest absolute Gasteiger partial charge is 0.481 e. The molecule has 47 nitrogen and oxygen atoms in total. The smallest absolute Gasteiger partial charge is 0.322 e. The van der Waals surface area contributed by atoms with Crippen molar-refractivity contribution in [2.45, 2.75) is 214 Å². The standard InChI is InChI=1S/C62H116N30O17/c1-32(93)46(66)57(109)92-29-11-19-42(92)56(108)90-40(20-21-43(65)94)54(106)88-39(18-10-28-81-62(75)76)53(105)91-41(30-44(95)96)55(107)89-38(17-9-27-80-61(73)74)52(104)87-37(16-8-26-79-60(71)72)51(103)86-36(15-7-25-78-59(69)70)50(102)85-35(13-3-5-23-64)49(101)84-34(12-2-4-22-63)48(100)83-33(14-6-24-77-58(67)68)47(99)82-31-45(97)98/h32-42,46,93H,2-31,63-64,66H2,1H3,(H2,65,94)(H,82,99)(H,83,100)(H,84,101)(H,85,102)(H,86,103)(H,87,104)(H,88,106)(H,89,107)(H,90,108)(H,91,105)(H,95,96)(H,97,98)(H4,67,68,77)(H4,69,70,78)(H4,71,72,79)(H4,73,74,80)(H4,75,76,81)/t32-,33+,34+,35+,36+,37+,38+,39+,40+,41+,42+,46+/m1/s1. The summed E-state index contributed by atoms with van der Waals surface area (Å²) < 4.78 is 0. The van der Waals surface area contributed by atoms with Crippen LogP contribution in [-0.2, 0) is 67.1 Å². The molecular formula is C62H116N30O17. The number of aliphatic hydroxyl groups excluding tert-OH is 1. The van der Waals surface area contributed by atoms with Crippen molar-refractivity contribution in [2.75, 3.05) is 58.9 Å². The number of nitrogens with two attached hydrogens (primary N) is 14. The molecule has 0 saturated carbocycles. The van der Waals surface area contributed by atoms with Crippen LogP contribution < -0.4 is 133 Å². The Morgan fingerprint density at radius 3 is 0.954 bits per heavy atom. The normalized spacial score (nSPS) is 15.3. The number of aliphatic hydroxyl groups is 1. The highest BCUT2D eigenvalue weighted by Crippen LogP contribution is 2.20. The number of nitrogens with zero attached hydrogens (tertiary/aromatic N) is 6. The Morgan fingerprint density at radius 1 is 0.394 bits per heavy atom. The molecule has 0 aliphatic carbocycles. The summed E-state index contributed by atoms with van der Waals surface area (Å²) in [4.78, 5) is 213. The van der Waals surface area contributed by atoms with Crippen LogP contribution in [0.25, 0.3) is 0 Å². The summed E-state index contributed by atoms with van der Waals surface area (Å²) in [6, 6.07) is -17.2. The molecule has 0 bridgehead atoms. The van der Waals surface area contributed by atoms with Gasteiger partial charge in [-0.1, -0.05) is 0 Å². The average Bonchev–Trinajstić information content (AvgIpc) is 1.74. The molecule has 0 aromatic carbocycles. The fourth-order valence-corrected chi connectivity index (χ4v) is 10.8. The lowest BCUT2D eigenvalue weighted by atomic mass is 10.0. The predicted octanol–water partition coefficient (Wildman–Crippen LogP) is -12.5. The molecule has 109 heavy (non-hydrogen) atoms. The Hall–Kier alpha value is -11.2. The van der Waals surface area contributed by atoms with E-state index in [1.165, 1.54) is 6.92 Å². The molecule has 0 spiro atoms. The van der Waals surface area contributed by atoms with Gasteiger partial charge in [-0.15, -0.1) is 0 Å². The summed E-state index contributed by atoms with van der Waals surface area (Å²) in [5.74, 6) is -16.7. The number of hydrogen-bond acceptors (Lipinski definition) is 23. The van der Waals surface area contributed by atoms with Crippen LogP contribution in [-0.4, -0.2) is 264 Å². The third kappa shape index (κ3) is 40.9. The first-order valence-corrected chi connectivity index (χ1v) is 35.6. The van der Waals surface area contributed by atoms with E-state index in [0.717, 1.165) is 4.90 Å². The zero-order valence-corrected chi connectivity index (χ0v) is 61.5. The minimum absolute atomic E-state index is 0.0104. The molecule has 12 atom stereocenters. The number of aliphatic imine (C=N–C) groups is 5. The monoisotopic (exact) mass is 1550 g/mol. The van der Waals surface area contributed by atoms with Gasteiger partial charge in [-0.25, -0.2) is 0 Å². The molecule has 1 fully saturated rings. The minimum Gasteiger partial charge on any atom is -0.481 e. The Balaban J connectivity index is 3.97. The Kier molecular flexibility index (Phi) is 46.3. The van der Waals surface area contributed by atoms with Crippen molar-refractivity contribution in [3.05, 3.63) is 0 Å². The molecule has 1 rings (SSSR count). The van der Waals surface area contributed by atoms with Crippen LogP contribution >= 0.6 is 0 Å². The molecule has 1 heterocycles. The highest BCUT2D eigenvalue weighted by molar-refractivity contribution is 6.00. The predicted molar refractivity (Wildman–Crippen MR) is 398 cm³/mol. The molecule has 0 unspecified atom stereocenters. The van der Waals surface area contributed by atoms with Gasteiger partial charge in [0.05, 0.1) is 12.5 Å². The molecule has 0 radical (unpaired) electrons. The summed E-state index contributed by atoms with van der Waals surface area (Å²) >= 11 is 0. The molecule has 12 amide bonds. The lowest BCUT2D eigenvalue weighted by Crippen LogP contribution is -2.61. The van der Waals surface area contributed by atoms with Gasteiger partial charge >= 0.3 is 11.9 Å². The first kappa shape index (κ1) is 95.8. The van der Waals surface area contributed by atoms with Crippen LogP contribution in [0.5, 0.6) is 0 Å². The third-order valence-electron chi connectivity index (χ3n) is 16.4. The van der Waals surface area contributed by atoms with E-state index in [1.54, 1.807) is 0 Å². The number of guanidine groups is 5. The maximum absolute atomic E-state index is 14.8. The van der Waals surface area contributed by atoms with Gasteiger partial charge in [0, 0.05) is 45.7 Å². The maximum Gasteiger partial charge on any atom is 0.322 e. The Labute approximate surface area is 629 Å². The molecule has 47 heteroatoms. The highest BCUT2D eigenvalue weighted by Gasteiger charge is 2.41. The quantitative estimate of drug-likeness (QED) is 0.0153. The molecule has 1 aliphatic heterocycles. The molecule has 0 aromatic rings. The van der Waals surface area contributed by atoms with Crippen molar-refractivity contribution in [1.82, 2.24) is 58.1 Å². The Morgan fingerprint density at radius 2 is 0.679 bits per heavy atom. The third-order valence-corrected chi connectivity index (χ3v) is 16.4. The summed E-state index contributed by atoms with van der Waals surface area (Å²) in [5.41, 5.74) is 78.3. The van der Waals surface area contributed by atoms with Crippen molar-refractivity contribution in [3.63, 3.8) is 0 Å². The van der Waals surface area contributed by atoms with E-state index in [0.29, 0.717) is 19.3 Å². The summed E-state index contributed by atoms with van der Waals surface area (Å²) in [6.45, 7) is 0.352. The van der Waals surface area contributed by atoms with E-state index in [9.17, 15) is 82.4 Å². The number of likely N-dealkylation sites (tertiary alicyclic amines) is 1. The van der Waals surface area contributed by atoms with Crippen molar-refractivity contribution in [1.29, 1.82) is 0 Å². The number of carboxylic acids is 2. The number of primary amides is 1. The van der Waals surface area contributed by atoms with Gasteiger partial charge in [-0.05, 0) is 142 Å². The van der Waals surface area contributed by atoms with Gasteiger partial charge in [-0.3, -0.25) is 92.1 Å². The molecule has 1 aliphatic rings. The summed E-state index contributed by atoms with van der Waals surface area (Å²) in [6.07, 6.45) is -3.39. The molecule has 616 valence electrons. The summed E-state index contributed by atoms with van der Waals surface area (Å²) in [5, 5.41) is 54.2. The topological polar surface area (TPSA) is 849 Å². The van der Waals surface area contributed by atoms with Crippen molar-refractivity contribution >= 4 is 113 Å². The van der Waals surface area contributed by atoms with Crippen molar-refractivity contribution in [2.24, 2.45) is 105 Å². The number of carbonyl (C=O) groups is 14. The lowest BCUT2D eigenvalue weighted by Gasteiger charge is -2.29. The fraction of sp³-hybridized carbons (Fsp3) is 0.694. The molecule has 1 saturated heterocycles. The Bertz CT molecular complexity index is 3160. The number of carbonyl (C=O) groups excluding carboxylic acids is 12. The number of carboxylic acid groups (broad SMARTS) is 2. The molecular weight excluding hydrogens is 1440 g/mol. The lowest BCUT2D eigenvalue weighted by molar-refractivity contribution is -0.142.